The fourth-order valence-electron chi connectivity index (χ4n) is 2.86. The lowest BCUT2D eigenvalue weighted by Crippen LogP contribution is -2.15. The highest BCUT2D eigenvalue weighted by atomic mass is 32.2. The highest BCUT2D eigenvalue weighted by Crippen LogP contribution is 2.20. The fraction of sp³-hybridized carbons (Fsp3) is 0.0952. The van der Waals surface area contributed by atoms with Crippen molar-refractivity contribution in [3.63, 3.8) is 0 Å². The largest absolute Gasteiger partial charge is 0.309 e. The van der Waals surface area contributed by atoms with Gasteiger partial charge in [0, 0.05) is 24.1 Å². The van der Waals surface area contributed by atoms with E-state index >= 15 is 0 Å². The van der Waals surface area contributed by atoms with E-state index in [0.717, 1.165) is 22.6 Å². The lowest BCUT2D eigenvalue weighted by Gasteiger charge is -2.07. The number of benzene rings is 1. The Bertz CT molecular complexity index is 1250. The van der Waals surface area contributed by atoms with Crippen LogP contribution in [0.3, 0.4) is 0 Å². The number of pyridine rings is 1. The van der Waals surface area contributed by atoms with E-state index in [4.69, 9.17) is 0 Å². The molecule has 10 heteroatoms. The van der Waals surface area contributed by atoms with E-state index in [1.165, 1.54) is 0 Å². The van der Waals surface area contributed by atoms with Crippen LogP contribution in [0.25, 0.3) is 0 Å². The highest BCUT2D eigenvalue weighted by Gasteiger charge is 2.15. The van der Waals surface area contributed by atoms with Crippen LogP contribution in [-0.2, 0) is 27.8 Å². The Morgan fingerprint density at radius 2 is 1.87 bits per heavy atom. The third kappa shape index (κ3) is 5.56. The van der Waals surface area contributed by atoms with E-state index in [2.05, 4.69) is 20.1 Å². The Hall–Kier alpha value is -3.50. The standard InChI is InChI=1S/C21H19N5O3S2/c27-20(23-19-10-12-26(24-19)15-18-4-1-2-11-22-18)14-16-6-8-17(9-7-16)25-31(28,29)21-5-3-13-30-21/h1-13,25H,14-15H2,(H,23,24,27). The Morgan fingerprint density at radius 3 is 2.58 bits per heavy atom. The second-order valence-corrected chi connectivity index (χ2v) is 9.54. The molecule has 0 aliphatic rings. The van der Waals surface area contributed by atoms with Gasteiger partial charge in [0.25, 0.3) is 10.0 Å². The molecule has 0 spiro atoms. The summed E-state index contributed by atoms with van der Waals surface area (Å²) in [5.74, 6) is 0.247. The van der Waals surface area contributed by atoms with Gasteiger partial charge < -0.3 is 5.32 Å². The molecule has 2 N–H and O–H groups in total. The monoisotopic (exact) mass is 453 g/mol. The van der Waals surface area contributed by atoms with E-state index in [1.807, 2.05) is 18.2 Å². The molecule has 4 aromatic rings. The van der Waals surface area contributed by atoms with E-state index in [0.29, 0.717) is 18.1 Å². The van der Waals surface area contributed by atoms with Crippen LogP contribution >= 0.6 is 11.3 Å². The minimum atomic E-state index is -3.59. The molecule has 3 heterocycles. The summed E-state index contributed by atoms with van der Waals surface area (Å²) >= 11 is 1.15. The van der Waals surface area contributed by atoms with E-state index in [9.17, 15) is 13.2 Å². The molecule has 0 saturated heterocycles. The normalized spacial score (nSPS) is 11.2. The summed E-state index contributed by atoms with van der Waals surface area (Å²) in [6.07, 6.45) is 3.64. The molecule has 0 unspecified atom stereocenters. The molecule has 1 aromatic carbocycles. The third-order valence-electron chi connectivity index (χ3n) is 4.29. The van der Waals surface area contributed by atoms with Crippen LogP contribution in [0.5, 0.6) is 0 Å². The summed E-state index contributed by atoms with van der Waals surface area (Å²) in [6, 6.07) is 17.3. The van der Waals surface area contributed by atoms with E-state index in [-0.39, 0.29) is 16.5 Å². The van der Waals surface area contributed by atoms with Gasteiger partial charge >= 0.3 is 0 Å². The molecule has 158 valence electrons. The van der Waals surface area contributed by atoms with Crippen LogP contribution < -0.4 is 10.0 Å². The van der Waals surface area contributed by atoms with E-state index < -0.39 is 10.0 Å². The SMILES string of the molecule is O=C(Cc1ccc(NS(=O)(=O)c2cccs2)cc1)Nc1ccn(Cc2ccccn2)n1. The minimum Gasteiger partial charge on any atom is -0.309 e. The van der Waals surface area contributed by atoms with Crippen molar-refractivity contribution in [2.75, 3.05) is 10.0 Å². The first kappa shape index (κ1) is 20.8. The number of rotatable bonds is 8. The molecular formula is C21H19N5O3S2. The van der Waals surface area contributed by atoms with Crippen molar-refractivity contribution in [3.8, 4) is 0 Å². The Labute approximate surface area is 183 Å². The fourth-order valence-corrected chi connectivity index (χ4v) is 4.91. The van der Waals surface area contributed by atoms with Gasteiger partial charge in [-0.15, -0.1) is 11.3 Å². The first-order chi connectivity index (χ1) is 15.0. The number of amides is 1. The van der Waals surface area contributed by atoms with Gasteiger partial charge in [0.1, 0.15) is 4.21 Å². The Morgan fingerprint density at radius 1 is 1.03 bits per heavy atom. The summed E-state index contributed by atoms with van der Waals surface area (Å²) < 4.78 is 29.0. The number of anilines is 2. The van der Waals surface area contributed by atoms with Gasteiger partial charge in [0.2, 0.25) is 5.91 Å². The smallest absolute Gasteiger partial charge is 0.271 e. The van der Waals surface area contributed by atoms with Gasteiger partial charge in [-0.2, -0.15) is 5.10 Å². The first-order valence-electron chi connectivity index (χ1n) is 9.36. The van der Waals surface area contributed by atoms with Crippen molar-refractivity contribution in [2.45, 2.75) is 17.2 Å². The number of sulfonamides is 1. The molecule has 0 radical (unpaired) electrons. The molecule has 0 aliphatic heterocycles. The molecule has 4 rings (SSSR count). The molecule has 0 atom stereocenters. The highest BCUT2D eigenvalue weighted by molar-refractivity contribution is 7.94. The second kappa shape index (κ2) is 9.11. The minimum absolute atomic E-state index is 0.144. The predicted octanol–water partition coefficient (Wildman–Crippen LogP) is 3.37. The number of thiophene rings is 1. The molecular weight excluding hydrogens is 434 g/mol. The molecule has 0 aliphatic carbocycles. The maximum absolute atomic E-state index is 12.3. The number of carbonyl (C=O) groups is 1. The van der Waals surface area contributed by atoms with Gasteiger partial charge in [0.05, 0.1) is 18.7 Å². The number of aromatic nitrogens is 3. The Kier molecular flexibility index (Phi) is 6.10. The van der Waals surface area contributed by atoms with Crippen molar-refractivity contribution >= 4 is 38.8 Å². The maximum Gasteiger partial charge on any atom is 0.271 e. The lowest BCUT2D eigenvalue weighted by molar-refractivity contribution is -0.115. The maximum atomic E-state index is 12.3. The van der Waals surface area contributed by atoms with Gasteiger partial charge in [0.15, 0.2) is 5.82 Å². The van der Waals surface area contributed by atoms with Crippen LogP contribution in [0.1, 0.15) is 11.3 Å². The molecule has 3 aromatic heterocycles. The number of nitrogens with one attached hydrogen (secondary N) is 2. The van der Waals surface area contributed by atoms with E-state index in [1.54, 1.807) is 64.9 Å². The predicted molar refractivity (Wildman–Crippen MR) is 119 cm³/mol. The van der Waals surface area contributed by atoms with Crippen molar-refractivity contribution in [2.24, 2.45) is 0 Å². The van der Waals surface area contributed by atoms with Crippen LogP contribution in [0.4, 0.5) is 11.5 Å². The Balaban J connectivity index is 1.32. The van der Waals surface area contributed by atoms with Crippen LogP contribution in [-0.4, -0.2) is 29.1 Å². The number of hydrogen-bond donors (Lipinski definition) is 2. The second-order valence-electron chi connectivity index (χ2n) is 6.68. The molecule has 0 saturated carbocycles. The number of nitrogens with zero attached hydrogens (tertiary/aromatic N) is 3. The molecule has 8 nitrogen and oxygen atoms in total. The van der Waals surface area contributed by atoms with Gasteiger partial charge in [-0.3, -0.25) is 19.2 Å². The number of hydrogen-bond acceptors (Lipinski definition) is 6. The van der Waals surface area contributed by atoms with Crippen molar-refractivity contribution in [3.05, 3.63) is 89.7 Å². The zero-order chi connectivity index (χ0) is 21.7. The molecule has 0 bridgehead atoms. The average molecular weight is 454 g/mol. The van der Waals surface area contributed by atoms with Gasteiger partial charge in [-0.1, -0.05) is 24.3 Å². The molecule has 1 amide bonds. The molecule has 0 fully saturated rings. The summed E-state index contributed by atoms with van der Waals surface area (Å²) in [6.45, 7) is 0.513. The van der Waals surface area contributed by atoms with Crippen molar-refractivity contribution in [1.29, 1.82) is 0 Å². The van der Waals surface area contributed by atoms with Crippen LogP contribution in [0, 0.1) is 0 Å². The van der Waals surface area contributed by atoms with Gasteiger partial charge in [-0.05, 0) is 41.3 Å². The van der Waals surface area contributed by atoms with Crippen LogP contribution in [0.15, 0.2) is 82.6 Å². The lowest BCUT2D eigenvalue weighted by atomic mass is 10.1. The average Bonchev–Trinajstić information content (AvgIpc) is 3.43. The van der Waals surface area contributed by atoms with Gasteiger partial charge in [-0.25, -0.2) is 8.42 Å². The zero-order valence-electron chi connectivity index (χ0n) is 16.3. The summed E-state index contributed by atoms with van der Waals surface area (Å²) in [7, 11) is -3.59. The summed E-state index contributed by atoms with van der Waals surface area (Å²) in [5, 5.41) is 8.81. The topological polar surface area (TPSA) is 106 Å². The van der Waals surface area contributed by atoms with Crippen molar-refractivity contribution in [1.82, 2.24) is 14.8 Å². The summed E-state index contributed by atoms with van der Waals surface area (Å²) in [4.78, 5) is 16.6. The van der Waals surface area contributed by atoms with Crippen molar-refractivity contribution < 1.29 is 13.2 Å². The first-order valence-corrected chi connectivity index (χ1v) is 11.7. The zero-order valence-corrected chi connectivity index (χ0v) is 17.9. The third-order valence-corrected chi connectivity index (χ3v) is 7.07. The summed E-state index contributed by atoms with van der Waals surface area (Å²) in [5.41, 5.74) is 2.06. The van der Waals surface area contributed by atoms with Crippen LogP contribution in [0.2, 0.25) is 0 Å². The number of carbonyl (C=O) groups excluding carboxylic acids is 1. The quantitative estimate of drug-likeness (QED) is 0.425. The molecule has 31 heavy (non-hydrogen) atoms.